The lowest BCUT2D eigenvalue weighted by Gasteiger charge is -2.50. The van der Waals surface area contributed by atoms with Gasteiger partial charge in [0.2, 0.25) is 29.9 Å². The van der Waals surface area contributed by atoms with Gasteiger partial charge in [0.15, 0.2) is 55.2 Å². The first-order chi connectivity index (χ1) is 53.9. The summed E-state index contributed by atoms with van der Waals surface area (Å²) in [6.07, 6.45) is -60.2. The number of amides is 5. The minimum Gasteiger partial charge on any atom is -0.506 e. The molecule has 26 N–H and O–H groups in total. The number of hydrogen-bond donors (Lipinski definition) is 26. The van der Waals surface area contributed by atoms with Crippen molar-refractivity contribution in [2.45, 2.75) is 242 Å². The van der Waals surface area contributed by atoms with Gasteiger partial charge in [-0.2, -0.15) is 0 Å². The van der Waals surface area contributed by atoms with Gasteiger partial charge in [0.1, 0.15) is 140 Å². The Bertz CT molecular complexity index is 3430. The molecule has 34 atom stereocenters. The van der Waals surface area contributed by atoms with Crippen LogP contribution in [0.25, 0.3) is 0 Å². The zero-order valence-electron chi connectivity index (χ0n) is 61.3. The number of carboxylic acids is 3. The number of ether oxygens (including phenoxy) is 15. The van der Waals surface area contributed by atoms with Gasteiger partial charge >= 0.3 is 17.9 Å². The first-order valence-corrected chi connectivity index (χ1v) is 35.4. The fourth-order valence-corrected chi connectivity index (χ4v) is 13.7. The van der Waals surface area contributed by atoms with Gasteiger partial charge in [-0.1, -0.05) is 12.1 Å². The van der Waals surface area contributed by atoms with Gasteiger partial charge in [0, 0.05) is 60.1 Å². The fraction of sp³-hybridized carbons (Fsp3) is 0.754. The summed E-state index contributed by atoms with van der Waals surface area (Å²) in [5, 5.41) is 232. The van der Waals surface area contributed by atoms with E-state index in [-0.39, 0.29) is 18.7 Å². The molecule has 0 aromatic heterocycles. The Morgan fingerprint density at radius 2 is 1.07 bits per heavy atom. The highest BCUT2D eigenvalue weighted by Gasteiger charge is 2.62. The van der Waals surface area contributed by atoms with Crippen LogP contribution in [0.1, 0.15) is 43.1 Å². The Morgan fingerprint density at radius 3 is 1.58 bits per heavy atom. The summed E-state index contributed by atoms with van der Waals surface area (Å²) >= 11 is 0. The second-order valence-corrected chi connectivity index (χ2v) is 27.3. The summed E-state index contributed by atoms with van der Waals surface area (Å²) in [7, 11) is 2.29. The molecule has 0 spiro atoms. The molecule has 0 bridgehead atoms. The molecule has 7 heterocycles. The van der Waals surface area contributed by atoms with Crippen molar-refractivity contribution in [3.8, 4) is 0 Å². The smallest absolute Gasteiger partial charge is 0.364 e. The Labute approximate surface area is 644 Å². The maximum absolute atomic E-state index is 13.5. The van der Waals surface area contributed by atoms with Crippen molar-refractivity contribution in [1.29, 1.82) is 0 Å². The molecule has 114 heavy (non-hydrogen) atoms. The van der Waals surface area contributed by atoms with Crippen LogP contribution in [0.4, 0.5) is 0 Å². The Kier molecular flexibility index (Phi) is 33.3. The van der Waals surface area contributed by atoms with Crippen molar-refractivity contribution in [3.05, 3.63) is 46.9 Å². The van der Waals surface area contributed by atoms with Crippen LogP contribution in [-0.2, 0) is 111 Å². The number of methoxy groups -OCH3 is 2. The van der Waals surface area contributed by atoms with Gasteiger partial charge in [-0.25, -0.2) is 14.4 Å². The number of carbonyl (C=O) groups excluding carboxylic acids is 5. The van der Waals surface area contributed by atoms with Crippen LogP contribution >= 0.6 is 0 Å². The number of rotatable bonds is 35. The van der Waals surface area contributed by atoms with Crippen LogP contribution in [-0.4, -0.2) is 425 Å². The van der Waals surface area contributed by atoms with Crippen LogP contribution in [0.5, 0.6) is 0 Å². The van der Waals surface area contributed by atoms with E-state index in [9.17, 15) is 140 Å². The fourth-order valence-electron chi connectivity index (χ4n) is 13.7. The van der Waals surface area contributed by atoms with E-state index in [1.165, 1.54) is 24.3 Å². The molecule has 6 saturated heterocycles. The van der Waals surface area contributed by atoms with E-state index in [4.69, 9.17) is 71.1 Å². The van der Waals surface area contributed by atoms with Crippen LogP contribution in [0, 0.1) is 0 Å². The molecule has 0 aliphatic carbocycles. The third-order valence-electron chi connectivity index (χ3n) is 19.4. The largest absolute Gasteiger partial charge is 0.506 e. The van der Waals surface area contributed by atoms with Crippen molar-refractivity contribution < 1.29 is 212 Å². The SMILES string of the molecule is CO[C@H]1OC(CO)C(O)=C(O[C@@H]2OC(CO)[C@H](O)C(O[C@]3(C(=O)O)CC(O)[C@@H](NC(=O)CNCc4ccc(C(=O)NCCO[C@@H]5OC(C(=O)O)[C@@H](O[C@H]6OC(CO)[C@@H](O[C@@H]7OC(C(=O)O)[C@@H](O[C@H]8OC(CO)[C@@H](OC)C(O)C8NC(C)=O)C(O)C7O)C(O)C6NC(C)=O)C(O)C5O)cc4)C([C@H](O)[C@H](O)CO)O3)C2O)C1NC(C)=O. The molecular formula is C65H98N6O43. The molecule has 5 amide bonds. The Morgan fingerprint density at radius 1 is 0.544 bits per heavy atom. The van der Waals surface area contributed by atoms with Crippen molar-refractivity contribution in [2.24, 2.45) is 0 Å². The summed E-state index contributed by atoms with van der Waals surface area (Å²) in [6, 6.07) is -1.18. The molecule has 6 fully saturated rings. The number of hydrogen-bond acceptors (Lipinski definition) is 41. The van der Waals surface area contributed by atoms with Crippen LogP contribution < -0.4 is 31.9 Å². The number of aliphatic hydroxyl groups excluding tert-OH is 17. The third kappa shape index (κ3) is 21.3. The van der Waals surface area contributed by atoms with Gasteiger partial charge < -0.3 is 205 Å². The maximum atomic E-state index is 13.5. The van der Waals surface area contributed by atoms with Gasteiger partial charge in [-0.3, -0.25) is 24.0 Å². The van der Waals surface area contributed by atoms with Crippen molar-refractivity contribution in [2.75, 3.05) is 67.0 Å². The zero-order chi connectivity index (χ0) is 84.2. The monoisotopic (exact) mass is 1650 g/mol. The molecular weight excluding hydrogens is 1550 g/mol. The summed E-state index contributed by atoms with van der Waals surface area (Å²) in [6.45, 7) is -3.61. The van der Waals surface area contributed by atoms with Crippen molar-refractivity contribution in [1.82, 2.24) is 31.9 Å². The van der Waals surface area contributed by atoms with E-state index in [2.05, 4.69) is 31.9 Å². The zero-order valence-corrected chi connectivity index (χ0v) is 61.3. The molecule has 49 heteroatoms. The molecule has 8 rings (SSSR count). The molecule has 646 valence electrons. The van der Waals surface area contributed by atoms with Crippen LogP contribution in [0.3, 0.4) is 0 Å². The van der Waals surface area contributed by atoms with Gasteiger partial charge in [-0.05, 0) is 17.7 Å². The Hall–Kier alpha value is -6.92. The number of aliphatic hydroxyl groups is 17. The highest BCUT2D eigenvalue weighted by atomic mass is 16.8. The first-order valence-electron chi connectivity index (χ1n) is 35.4. The molecule has 0 radical (unpaired) electrons. The van der Waals surface area contributed by atoms with E-state index in [1.807, 2.05) is 0 Å². The molecule has 7 aliphatic heterocycles. The number of nitrogens with one attached hydrogen (secondary N) is 6. The predicted molar refractivity (Wildman–Crippen MR) is 358 cm³/mol. The lowest BCUT2D eigenvalue weighted by atomic mass is 9.88. The van der Waals surface area contributed by atoms with E-state index in [0.29, 0.717) is 5.56 Å². The van der Waals surface area contributed by atoms with Gasteiger partial charge in [-0.15, -0.1) is 0 Å². The number of aliphatic carboxylic acids is 3. The normalized spacial score (nSPS) is 39.1. The van der Waals surface area contributed by atoms with Gasteiger partial charge in [0.05, 0.1) is 58.3 Å². The number of carboxylic acid groups (broad SMARTS) is 3. The van der Waals surface area contributed by atoms with E-state index in [0.717, 1.165) is 35.0 Å². The quantitative estimate of drug-likeness (QED) is 0.0281. The van der Waals surface area contributed by atoms with E-state index < -0.39 is 320 Å². The summed E-state index contributed by atoms with van der Waals surface area (Å²) in [4.78, 5) is 102. The van der Waals surface area contributed by atoms with E-state index >= 15 is 0 Å². The Balaban J connectivity index is 0.832. The summed E-state index contributed by atoms with van der Waals surface area (Å²) < 4.78 is 84.1. The molecule has 7 aliphatic rings. The van der Waals surface area contributed by atoms with Crippen molar-refractivity contribution in [3.63, 3.8) is 0 Å². The minimum atomic E-state index is -3.24. The predicted octanol–water partition coefficient (Wildman–Crippen LogP) is -14.5. The highest BCUT2D eigenvalue weighted by Crippen LogP contribution is 2.41. The molecule has 1 aromatic carbocycles. The first kappa shape index (κ1) is 92.6. The standard InChI is InChI=1S/C65H98N6O43/c1-20(77)68-33-39(86)46(100-4)29(18-75)105-59(33)110-52-42(89)44(91)62(112-54(52)57(96)97)107-47-30(19-76)106-60(34(40(47)87)69-21(2)78)109-51-41(88)43(90)61(111-53(51)56(94)95)102-11-10-67-55(93)24-8-6-23(7-9-24)13-66-14-31(82)71-32-25(80)12-65(64(98)99,113-49(32)36(83)26(81)15-72)114-50-38(85)28(17-74)104-63(45(50)92)108-48-35(70-22(3)79)58(101-5)103-27(16-73)37(48)84/h6-9,25-30,32-36,38-47,49-54,58-63,66,72-76,80-81,83-92H,10-19H2,1-5H3,(H,67,93)(H,68,77)(H,69,78)(H,70,79)(H,71,82)(H,94,95)(H,96,97)(H,98,99)/t25?,26-,27?,28?,29?,30?,32-,33?,34?,35?,36-,38+,39?,40?,41?,42?,43?,44?,45?,46-,47-,49?,50?,51+,52+,53?,54?,58+,59-,60-,61-,62-,63+,65+/m1/s1. The van der Waals surface area contributed by atoms with Crippen LogP contribution in [0.2, 0.25) is 0 Å². The highest BCUT2D eigenvalue weighted by molar-refractivity contribution is 5.94. The topological polar surface area (TPSA) is 752 Å². The summed E-state index contributed by atoms with van der Waals surface area (Å²) in [5.74, 6) is -14.6. The maximum Gasteiger partial charge on any atom is 0.364 e. The molecule has 49 nitrogen and oxygen atoms in total. The van der Waals surface area contributed by atoms with Crippen molar-refractivity contribution >= 4 is 47.4 Å². The number of carbonyl (C=O) groups is 8. The second-order valence-electron chi connectivity index (χ2n) is 27.3. The average Bonchev–Trinajstić information content (AvgIpc) is 0.760. The van der Waals surface area contributed by atoms with Gasteiger partial charge in [0.25, 0.3) is 11.7 Å². The number of benzene rings is 1. The molecule has 19 unspecified atom stereocenters. The lowest BCUT2D eigenvalue weighted by molar-refractivity contribution is -0.371. The third-order valence-corrected chi connectivity index (χ3v) is 19.4. The average molecular weight is 1650 g/mol. The lowest BCUT2D eigenvalue weighted by Crippen LogP contribution is -2.70. The minimum absolute atomic E-state index is 0.0467. The summed E-state index contributed by atoms with van der Waals surface area (Å²) in [5.41, 5.74) is 0.497. The molecule has 0 saturated carbocycles. The van der Waals surface area contributed by atoms with Crippen LogP contribution in [0.15, 0.2) is 35.8 Å². The second kappa shape index (κ2) is 41.0. The van der Waals surface area contributed by atoms with E-state index in [1.54, 1.807) is 0 Å². The molecule has 1 aromatic rings.